The van der Waals surface area contributed by atoms with Gasteiger partial charge in [0.2, 0.25) is 0 Å². The highest BCUT2D eigenvalue weighted by Crippen LogP contribution is 2.22. The van der Waals surface area contributed by atoms with Crippen LogP contribution in [0.1, 0.15) is 15.9 Å². The van der Waals surface area contributed by atoms with Crippen LogP contribution in [0, 0.1) is 6.92 Å². The highest BCUT2D eigenvalue weighted by Gasteiger charge is 2.26. The molecule has 1 aliphatic rings. The molecule has 0 N–H and O–H groups in total. The molecule has 1 atom stereocenters. The fourth-order valence-corrected chi connectivity index (χ4v) is 1.83. The molecule has 0 amide bonds. The van der Waals surface area contributed by atoms with Gasteiger partial charge in [0.1, 0.15) is 11.9 Å². The number of hydrogen-bond acceptors (Lipinski definition) is 4. The minimum absolute atomic E-state index is 0.0785. The van der Waals surface area contributed by atoms with E-state index in [0.717, 1.165) is 5.56 Å². The Morgan fingerprint density at radius 3 is 2.88 bits per heavy atom. The van der Waals surface area contributed by atoms with Crippen LogP contribution in [0.15, 0.2) is 18.2 Å². The third-order valence-corrected chi connectivity index (χ3v) is 2.73. The maximum atomic E-state index is 12.2. The topological polar surface area (TPSA) is 44.8 Å². The van der Waals surface area contributed by atoms with Gasteiger partial charge in [0.05, 0.1) is 32.5 Å². The molecule has 1 unspecified atom stereocenters. The van der Waals surface area contributed by atoms with Gasteiger partial charge in [-0.15, -0.1) is 0 Å². The molecule has 92 valence electrons. The number of ether oxygens (including phenoxy) is 3. The van der Waals surface area contributed by atoms with Gasteiger partial charge < -0.3 is 14.2 Å². The van der Waals surface area contributed by atoms with Crippen molar-refractivity contribution in [1.82, 2.24) is 0 Å². The second-order valence-corrected chi connectivity index (χ2v) is 4.00. The second kappa shape index (κ2) is 5.29. The van der Waals surface area contributed by atoms with E-state index in [1.807, 2.05) is 19.1 Å². The molecule has 1 fully saturated rings. The number of hydrogen-bond donors (Lipinski definition) is 0. The Morgan fingerprint density at radius 1 is 1.41 bits per heavy atom. The highest BCUT2D eigenvalue weighted by atomic mass is 16.6. The first-order chi connectivity index (χ1) is 8.22. The van der Waals surface area contributed by atoms with Crippen molar-refractivity contribution in [2.45, 2.75) is 13.0 Å². The molecule has 0 bridgehead atoms. The molecule has 4 nitrogen and oxygen atoms in total. The molecule has 1 heterocycles. The van der Waals surface area contributed by atoms with Crippen molar-refractivity contribution in [3.05, 3.63) is 29.3 Å². The molecule has 1 aromatic rings. The summed E-state index contributed by atoms with van der Waals surface area (Å²) >= 11 is 0. The van der Waals surface area contributed by atoms with Crippen LogP contribution >= 0.6 is 0 Å². The molecule has 0 spiro atoms. The zero-order valence-corrected chi connectivity index (χ0v) is 10.1. The molecule has 1 aromatic carbocycles. The lowest BCUT2D eigenvalue weighted by atomic mass is 10.0. The van der Waals surface area contributed by atoms with Gasteiger partial charge in [0.25, 0.3) is 0 Å². The second-order valence-electron chi connectivity index (χ2n) is 4.00. The Balaban J connectivity index is 2.25. The van der Waals surface area contributed by atoms with Gasteiger partial charge in [-0.2, -0.15) is 0 Å². The first-order valence-electron chi connectivity index (χ1n) is 5.60. The molecule has 4 heteroatoms. The summed E-state index contributed by atoms with van der Waals surface area (Å²) in [4.78, 5) is 12.2. The van der Waals surface area contributed by atoms with Crippen molar-refractivity contribution in [2.75, 3.05) is 26.9 Å². The molecule has 1 saturated heterocycles. The quantitative estimate of drug-likeness (QED) is 0.748. The number of methoxy groups -OCH3 is 1. The predicted octanol–water partition coefficient (Wildman–Crippen LogP) is 1.60. The van der Waals surface area contributed by atoms with Crippen molar-refractivity contribution in [3.63, 3.8) is 0 Å². The summed E-state index contributed by atoms with van der Waals surface area (Å²) in [6.07, 6.45) is -0.514. The van der Waals surface area contributed by atoms with Crippen LogP contribution in [-0.4, -0.2) is 38.8 Å². The van der Waals surface area contributed by atoms with E-state index in [1.54, 1.807) is 13.2 Å². The Kier molecular flexibility index (Phi) is 3.76. The van der Waals surface area contributed by atoms with E-state index in [4.69, 9.17) is 14.2 Å². The smallest absolute Gasteiger partial charge is 0.197 e. The van der Waals surface area contributed by atoms with E-state index in [0.29, 0.717) is 31.1 Å². The van der Waals surface area contributed by atoms with Gasteiger partial charge in [-0.3, -0.25) is 4.79 Å². The van der Waals surface area contributed by atoms with E-state index >= 15 is 0 Å². The van der Waals surface area contributed by atoms with Crippen LogP contribution < -0.4 is 4.74 Å². The van der Waals surface area contributed by atoms with Crippen LogP contribution in [0.25, 0.3) is 0 Å². The van der Waals surface area contributed by atoms with Crippen molar-refractivity contribution >= 4 is 5.78 Å². The zero-order chi connectivity index (χ0) is 12.3. The van der Waals surface area contributed by atoms with Crippen LogP contribution in [0.4, 0.5) is 0 Å². The predicted molar refractivity (Wildman–Crippen MR) is 62.6 cm³/mol. The summed E-state index contributed by atoms with van der Waals surface area (Å²) < 4.78 is 15.8. The van der Waals surface area contributed by atoms with Gasteiger partial charge in [-0.1, -0.05) is 11.6 Å². The Labute approximate surface area is 100 Å². The third-order valence-electron chi connectivity index (χ3n) is 2.73. The highest BCUT2D eigenvalue weighted by molar-refractivity contribution is 6.02. The van der Waals surface area contributed by atoms with Gasteiger partial charge in [0, 0.05) is 0 Å². The van der Waals surface area contributed by atoms with E-state index in [2.05, 4.69) is 0 Å². The van der Waals surface area contributed by atoms with Crippen LogP contribution in [-0.2, 0) is 9.47 Å². The summed E-state index contributed by atoms with van der Waals surface area (Å²) in [5.74, 6) is 0.500. The SMILES string of the molecule is COc1ccc(C)cc1C(=O)C1COCCO1. The summed E-state index contributed by atoms with van der Waals surface area (Å²) in [5, 5.41) is 0. The number of benzene rings is 1. The minimum Gasteiger partial charge on any atom is -0.496 e. The van der Waals surface area contributed by atoms with Crippen molar-refractivity contribution < 1.29 is 19.0 Å². The number of rotatable bonds is 3. The third kappa shape index (κ3) is 2.65. The number of ketones is 1. The standard InChI is InChI=1S/C13H16O4/c1-9-3-4-11(15-2)10(7-9)13(14)12-8-16-5-6-17-12/h3-4,7,12H,5-6,8H2,1-2H3. The molecule has 0 radical (unpaired) electrons. The lowest BCUT2D eigenvalue weighted by Gasteiger charge is -2.22. The summed E-state index contributed by atoms with van der Waals surface area (Å²) in [6, 6.07) is 5.53. The van der Waals surface area contributed by atoms with Gasteiger partial charge in [-0.25, -0.2) is 0 Å². The maximum absolute atomic E-state index is 12.2. The number of carbonyl (C=O) groups is 1. The average molecular weight is 236 g/mol. The normalized spacial score (nSPS) is 20.0. The Hall–Kier alpha value is -1.39. The molecule has 0 saturated carbocycles. The maximum Gasteiger partial charge on any atom is 0.197 e. The molecule has 17 heavy (non-hydrogen) atoms. The van der Waals surface area contributed by atoms with Crippen LogP contribution in [0.3, 0.4) is 0 Å². The lowest BCUT2D eigenvalue weighted by molar-refractivity contribution is -0.0719. The number of Topliss-reactive ketones (excluding diaryl/α,β-unsaturated/α-hetero) is 1. The number of carbonyl (C=O) groups excluding carboxylic acids is 1. The van der Waals surface area contributed by atoms with Crippen molar-refractivity contribution in [2.24, 2.45) is 0 Å². The van der Waals surface area contributed by atoms with Gasteiger partial charge in [0.15, 0.2) is 5.78 Å². The minimum atomic E-state index is -0.514. The molecule has 2 rings (SSSR count). The van der Waals surface area contributed by atoms with E-state index in [1.165, 1.54) is 0 Å². The Morgan fingerprint density at radius 2 is 2.24 bits per heavy atom. The van der Waals surface area contributed by atoms with Crippen molar-refractivity contribution in [3.8, 4) is 5.75 Å². The molecule has 0 aromatic heterocycles. The molecular weight excluding hydrogens is 220 g/mol. The Bertz CT molecular complexity index is 408. The van der Waals surface area contributed by atoms with Gasteiger partial charge in [-0.05, 0) is 19.1 Å². The first kappa shape index (κ1) is 12.1. The summed E-state index contributed by atoms with van der Waals surface area (Å²) in [7, 11) is 1.56. The van der Waals surface area contributed by atoms with Crippen LogP contribution in [0.5, 0.6) is 5.75 Å². The fourth-order valence-electron chi connectivity index (χ4n) is 1.83. The monoisotopic (exact) mass is 236 g/mol. The molecule has 1 aliphatic heterocycles. The average Bonchev–Trinajstić information content (AvgIpc) is 2.39. The number of aryl methyl sites for hydroxylation is 1. The summed E-state index contributed by atoms with van der Waals surface area (Å²) in [6.45, 7) is 3.27. The zero-order valence-electron chi connectivity index (χ0n) is 10.1. The van der Waals surface area contributed by atoms with Crippen molar-refractivity contribution in [1.29, 1.82) is 0 Å². The summed E-state index contributed by atoms with van der Waals surface area (Å²) in [5.41, 5.74) is 1.58. The van der Waals surface area contributed by atoms with E-state index in [-0.39, 0.29) is 5.78 Å². The van der Waals surface area contributed by atoms with E-state index in [9.17, 15) is 4.79 Å². The molecular formula is C13H16O4. The first-order valence-corrected chi connectivity index (χ1v) is 5.60. The van der Waals surface area contributed by atoms with Crippen LogP contribution in [0.2, 0.25) is 0 Å². The van der Waals surface area contributed by atoms with E-state index < -0.39 is 6.10 Å². The largest absolute Gasteiger partial charge is 0.496 e. The molecule has 0 aliphatic carbocycles. The van der Waals surface area contributed by atoms with Gasteiger partial charge >= 0.3 is 0 Å². The fraction of sp³-hybridized carbons (Fsp3) is 0.462. The lowest BCUT2D eigenvalue weighted by Crippen LogP contribution is -2.35.